The molecule has 3 rings (SSSR count). The average molecular weight is 362 g/mol. The van der Waals surface area contributed by atoms with Crippen molar-refractivity contribution < 1.29 is 13.2 Å². The Morgan fingerprint density at radius 2 is 1.84 bits per heavy atom. The number of halogens is 3. The molecule has 130 valence electrons. The molecule has 0 atom stereocenters. The number of benzene rings is 2. The fraction of sp³-hybridized carbons (Fsp3) is 0.211. The zero-order valence-electron chi connectivity index (χ0n) is 13.6. The zero-order chi connectivity index (χ0) is 17.9. The van der Waals surface area contributed by atoms with Crippen LogP contribution in [0.4, 0.5) is 13.2 Å². The van der Waals surface area contributed by atoms with Gasteiger partial charge in [0.2, 0.25) is 0 Å². The van der Waals surface area contributed by atoms with Crippen LogP contribution in [0.3, 0.4) is 0 Å². The maximum Gasteiger partial charge on any atom is 0.416 e. The lowest BCUT2D eigenvalue weighted by atomic mass is 10.1. The van der Waals surface area contributed by atoms with Crippen molar-refractivity contribution in [2.45, 2.75) is 26.2 Å². The van der Waals surface area contributed by atoms with Crippen LogP contribution in [0.15, 0.2) is 54.7 Å². The first-order valence-corrected chi connectivity index (χ1v) is 8.63. The van der Waals surface area contributed by atoms with Gasteiger partial charge in [0.1, 0.15) is 5.01 Å². The molecule has 1 N–H and O–H groups in total. The summed E-state index contributed by atoms with van der Waals surface area (Å²) in [5.74, 6) is 0. The minimum atomic E-state index is -4.34. The van der Waals surface area contributed by atoms with Crippen molar-refractivity contribution in [2.24, 2.45) is 0 Å². The number of alkyl halides is 3. The molecule has 0 amide bonds. The standard InChI is InChI=1S/C19H17F3N2S/c1-13-5-4-7-14(9-13)17-11-24-18(25-17)12-23-10-15-6-2-3-8-16(15)19(20,21)22/h2-9,11,23H,10,12H2,1H3. The van der Waals surface area contributed by atoms with E-state index >= 15 is 0 Å². The molecule has 0 aliphatic carbocycles. The van der Waals surface area contributed by atoms with Crippen LogP contribution in [0, 0.1) is 6.92 Å². The predicted molar refractivity (Wildman–Crippen MR) is 94.3 cm³/mol. The number of aromatic nitrogens is 1. The summed E-state index contributed by atoms with van der Waals surface area (Å²) in [6.07, 6.45) is -2.53. The predicted octanol–water partition coefficient (Wildman–Crippen LogP) is 5.43. The molecule has 25 heavy (non-hydrogen) atoms. The molecule has 3 aromatic rings. The zero-order valence-corrected chi connectivity index (χ0v) is 14.4. The van der Waals surface area contributed by atoms with Crippen molar-refractivity contribution in [2.75, 3.05) is 0 Å². The van der Waals surface area contributed by atoms with Crippen molar-refractivity contribution in [1.29, 1.82) is 0 Å². The van der Waals surface area contributed by atoms with Crippen molar-refractivity contribution in [3.05, 3.63) is 76.4 Å². The summed E-state index contributed by atoms with van der Waals surface area (Å²) in [5.41, 5.74) is 1.92. The first-order valence-electron chi connectivity index (χ1n) is 7.81. The number of nitrogens with zero attached hydrogens (tertiary/aromatic N) is 1. The highest BCUT2D eigenvalue weighted by Gasteiger charge is 2.32. The molecule has 6 heteroatoms. The van der Waals surface area contributed by atoms with Crippen LogP contribution < -0.4 is 5.32 Å². The average Bonchev–Trinajstić information content (AvgIpc) is 3.03. The summed E-state index contributed by atoms with van der Waals surface area (Å²) in [7, 11) is 0. The Kier molecular flexibility index (Phi) is 5.20. The molecule has 0 bridgehead atoms. The lowest BCUT2D eigenvalue weighted by Crippen LogP contribution is -2.17. The first kappa shape index (κ1) is 17.6. The van der Waals surface area contributed by atoms with Crippen LogP contribution in [0.1, 0.15) is 21.7 Å². The van der Waals surface area contributed by atoms with Gasteiger partial charge in [0, 0.05) is 19.3 Å². The molecule has 1 aromatic heterocycles. The third-order valence-electron chi connectivity index (χ3n) is 3.77. The van der Waals surface area contributed by atoms with Crippen LogP contribution in [0.2, 0.25) is 0 Å². The summed E-state index contributed by atoms with van der Waals surface area (Å²) >= 11 is 1.54. The smallest absolute Gasteiger partial charge is 0.306 e. The van der Waals surface area contributed by atoms with Crippen molar-refractivity contribution in [1.82, 2.24) is 10.3 Å². The van der Waals surface area contributed by atoms with E-state index < -0.39 is 11.7 Å². The Hall–Kier alpha value is -2.18. The normalized spacial score (nSPS) is 11.7. The fourth-order valence-corrected chi connectivity index (χ4v) is 3.46. The van der Waals surface area contributed by atoms with E-state index in [2.05, 4.69) is 16.4 Å². The summed E-state index contributed by atoms with van der Waals surface area (Å²) in [5, 5.41) is 3.90. The SMILES string of the molecule is Cc1cccc(-c2cnc(CNCc3ccccc3C(F)(F)F)s2)c1. The Bertz CT molecular complexity index is 856. The minimum Gasteiger partial charge on any atom is -0.306 e. The maximum absolute atomic E-state index is 13.0. The number of hydrogen-bond acceptors (Lipinski definition) is 3. The van der Waals surface area contributed by atoms with Crippen LogP contribution in [0.25, 0.3) is 10.4 Å². The third-order valence-corrected chi connectivity index (χ3v) is 4.82. The van der Waals surface area contributed by atoms with E-state index in [9.17, 15) is 13.2 Å². The van der Waals surface area contributed by atoms with Gasteiger partial charge in [-0.2, -0.15) is 13.2 Å². The lowest BCUT2D eigenvalue weighted by molar-refractivity contribution is -0.138. The van der Waals surface area contributed by atoms with Gasteiger partial charge in [0.15, 0.2) is 0 Å². The third kappa shape index (κ3) is 4.46. The van der Waals surface area contributed by atoms with Crippen LogP contribution in [-0.2, 0) is 19.3 Å². The summed E-state index contributed by atoms with van der Waals surface area (Å²) in [6.45, 7) is 2.61. The van der Waals surface area contributed by atoms with E-state index in [0.29, 0.717) is 6.54 Å². The number of thiazole rings is 1. The second-order valence-electron chi connectivity index (χ2n) is 5.75. The molecular formula is C19H17F3N2S. The molecule has 2 aromatic carbocycles. The fourth-order valence-electron chi connectivity index (χ4n) is 2.58. The van der Waals surface area contributed by atoms with E-state index in [1.54, 1.807) is 23.6 Å². The van der Waals surface area contributed by atoms with Gasteiger partial charge in [0.05, 0.1) is 10.4 Å². The molecule has 2 nitrogen and oxygen atoms in total. The second-order valence-corrected chi connectivity index (χ2v) is 6.86. The van der Waals surface area contributed by atoms with Gasteiger partial charge in [-0.1, -0.05) is 48.0 Å². The first-order chi connectivity index (χ1) is 11.9. The van der Waals surface area contributed by atoms with Gasteiger partial charge in [-0.15, -0.1) is 11.3 Å². The summed E-state index contributed by atoms with van der Waals surface area (Å²) in [4.78, 5) is 5.41. The molecule has 0 spiro atoms. The van der Waals surface area contributed by atoms with E-state index in [0.717, 1.165) is 21.5 Å². The molecular weight excluding hydrogens is 345 g/mol. The van der Waals surface area contributed by atoms with Gasteiger partial charge in [-0.25, -0.2) is 4.98 Å². The van der Waals surface area contributed by atoms with Crippen LogP contribution >= 0.6 is 11.3 Å². The molecule has 0 aliphatic rings. The van der Waals surface area contributed by atoms with E-state index in [4.69, 9.17) is 0 Å². The van der Waals surface area contributed by atoms with Gasteiger partial charge >= 0.3 is 6.18 Å². The molecule has 0 saturated heterocycles. The van der Waals surface area contributed by atoms with Crippen molar-refractivity contribution in [3.8, 4) is 10.4 Å². The highest BCUT2D eigenvalue weighted by atomic mass is 32.1. The summed E-state index contributed by atoms with van der Waals surface area (Å²) in [6, 6.07) is 13.8. The number of aryl methyl sites for hydroxylation is 1. The topological polar surface area (TPSA) is 24.9 Å². The highest BCUT2D eigenvalue weighted by Crippen LogP contribution is 2.32. The van der Waals surface area contributed by atoms with Gasteiger partial charge in [0.25, 0.3) is 0 Å². The molecule has 0 saturated carbocycles. The van der Waals surface area contributed by atoms with Crippen molar-refractivity contribution in [3.63, 3.8) is 0 Å². The second kappa shape index (κ2) is 7.37. The number of hydrogen-bond donors (Lipinski definition) is 1. The van der Waals surface area contributed by atoms with Crippen LogP contribution in [0.5, 0.6) is 0 Å². The molecule has 0 fully saturated rings. The van der Waals surface area contributed by atoms with Gasteiger partial charge in [-0.05, 0) is 24.1 Å². The lowest BCUT2D eigenvalue weighted by Gasteiger charge is -2.12. The molecule has 1 heterocycles. The summed E-state index contributed by atoms with van der Waals surface area (Å²) < 4.78 is 39.0. The number of rotatable bonds is 5. The minimum absolute atomic E-state index is 0.148. The van der Waals surface area contributed by atoms with E-state index in [1.807, 2.05) is 25.1 Å². The monoisotopic (exact) mass is 362 g/mol. The highest BCUT2D eigenvalue weighted by molar-refractivity contribution is 7.15. The molecule has 0 radical (unpaired) electrons. The van der Waals surface area contributed by atoms with Crippen molar-refractivity contribution >= 4 is 11.3 Å². The molecule has 0 aliphatic heterocycles. The quantitative estimate of drug-likeness (QED) is 0.655. The number of nitrogens with one attached hydrogen (secondary N) is 1. The Morgan fingerprint density at radius 1 is 1.04 bits per heavy atom. The Morgan fingerprint density at radius 3 is 2.60 bits per heavy atom. The van der Waals surface area contributed by atoms with Gasteiger partial charge < -0.3 is 5.32 Å². The largest absolute Gasteiger partial charge is 0.416 e. The molecule has 0 unspecified atom stereocenters. The van der Waals surface area contributed by atoms with E-state index in [-0.39, 0.29) is 12.1 Å². The maximum atomic E-state index is 13.0. The Balaban J connectivity index is 1.64. The Labute approximate surface area is 148 Å². The van der Waals surface area contributed by atoms with Gasteiger partial charge in [-0.3, -0.25) is 0 Å². The van der Waals surface area contributed by atoms with Crippen LogP contribution in [-0.4, -0.2) is 4.98 Å². The van der Waals surface area contributed by atoms with E-state index in [1.165, 1.54) is 17.7 Å².